The molecule has 2 aromatic carbocycles. The van der Waals surface area contributed by atoms with Crippen LogP contribution < -0.4 is 15.4 Å². The molecular weight excluding hydrogens is 248 g/mol. The Kier molecular flexibility index (Phi) is 3.36. The molecule has 20 heavy (non-hydrogen) atoms. The van der Waals surface area contributed by atoms with E-state index in [9.17, 15) is 0 Å². The fourth-order valence-corrected chi connectivity index (χ4v) is 2.77. The second kappa shape index (κ2) is 5.17. The molecule has 0 aromatic heterocycles. The van der Waals surface area contributed by atoms with Crippen molar-refractivity contribution in [2.75, 3.05) is 25.0 Å². The van der Waals surface area contributed by atoms with E-state index in [0.29, 0.717) is 6.54 Å². The van der Waals surface area contributed by atoms with Gasteiger partial charge in [-0.15, -0.1) is 0 Å². The second-order valence-electron chi connectivity index (χ2n) is 5.32. The second-order valence-corrected chi connectivity index (χ2v) is 5.32. The van der Waals surface area contributed by atoms with E-state index in [0.717, 1.165) is 23.5 Å². The molecule has 104 valence electrons. The molecule has 1 aliphatic heterocycles. The van der Waals surface area contributed by atoms with Gasteiger partial charge in [0.25, 0.3) is 0 Å². The number of hydrogen-bond donors (Lipinski definition) is 1. The number of rotatable bonds is 2. The van der Waals surface area contributed by atoms with Crippen LogP contribution in [0.5, 0.6) is 5.75 Å². The van der Waals surface area contributed by atoms with Gasteiger partial charge in [0.15, 0.2) is 5.75 Å². The van der Waals surface area contributed by atoms with Crippen LogP contribution in [0.4, 0.5) is 5.69 Å². The van der Waals surface area contributed by atoms with Gasteiger partial charge in [-0.1, -0.05) is 36.4 Å². The number of para-hydroxylation sites is 1. The Morgan fingerprint density at radius 3 is 2.65 bits per heavy atom. The van der Waals surface area contributed by atoms with Crippen molar-refractivity contribution in [2.45, 2.75) is 13.0 Å². The van der Waals surface area contributed by atoms with Gasteiger partial charge in [-0.05, 0) is 24.1 Å². The van der Waals surface area contributed by atoms with Gasteiger partial charge in [-0.3, -0.25) is 0 Å². The van der Waals surface area contributed by atoms with Crippen molar-refractivity contribution >= 4 is 5.69 Å². The molecular formula is C17H20N2O. The zero-order valence-corrected chi connectivity index (χ0v) is 12.0. The molecule has 1 heterocycles. The Labute approximate surface area is 120 Å². The first kappa shape index (κ1) is 13.0. The van der Waals surface area contributed by atoms with Crippen molar-refractivity contribution in [3.63, 3.8) is 0 Å². The number of nitrogens with two attached hydrogens (primary N) is 1. The smallest absolute Gasteiger partial charge is 0.151 e. The number of anilines is 1. The van der Waals surface area contributed by atoms with Gasteiger partial charge < -0.3 is 15.4 Å². The fourth-order valence-electron chi connectivity index (χ4n) is 2.77. The van der Waals surface area contributed by atoms with E-state index in [1.165, 1.54) is 11.1 Å². The zero-order valence-electron chi connectivity index (χ0n) is 12.0. The first-order valence-electron chi connectivity index (χ1n) is 6.97. The van der Waals surface area contributed by atoms with Crippen LogP contribution in [0.25, 0.3) is 11.1 Å². The highest BCUT2D eigenvalue weighted by Crippen LogP contribution is 2.41. The number of fused-ring (bicyclic) bond motifs is 1. The maximum atomic E-state index is 6.13. The first-order chi connectivity index (χ1) is 9.70. The lowest BCUT2D eigenvalue weighted by molar-refractivity contribution is 0.205. The van der Waals surface area contributed by atoms with Gasteiger partial charge in [0, 0.05) is 19.2 Å². The molecule has 3 heteroatoms. The number of hydrogen-bond acceptors (Lipinski definition) is 3. The standard InChI is InChI=1S/C17H20N2O/c1-12-6-3-4-7-14(12)15-8-5-9-16-17(15)20-13(10-18)11-19(16)2/h3-9,13H,10-11,18H2,1-2H3/t13-/m0/s1. The SMILES string of the molecule is Cc1ccccc1-c1cccc2c1O[C@@H](CN)CN2C. The van der Waals surface area contributed by atoms with Gasteiger partial charge in [-0.25, -0.2) is 0 Å². The molecule has 1 aliphatic rings. The maximum absolute atomic E-state index is 6.13. The van der Waals surface area contributed by atoms with E-state index >= 15 is 0 Å². The average molecular weight is 268 g/mol. The van der Waals surface area contributed by atoms with Crippen LogP contribution in [0, 0.1) is 6.92 Å². The normalized spacial score (nSPS) is 17.6. The molecule has 0 unspecified atom stereocenters. The summed E-state index contributed by atoms with van der Waals surface area (Å²) >= 11 is 0. The highest BCUT2D eigenvalue weighted by atomic mass is 16.5. The number of ether oxygens (including phenoxy) is 1. The molecule has 0 aliphatic carbocycles. The predicted octanol–water partition coefficient (Wildman–Crippen LogP) is 2.82. The first-order valence-corrected chi connectivity index (χ1v) is 6.97. The topological polar surface area (TPSA) is 38.5 Å². The Bertz CT molecular complexity index is 624. The highest BCUT2D eigenvalue weighted by molar-refractivity contribution is 5.81. The summed E-state index contributed by atoms with van der Waals surface area (Å²) < 4.78 is 6.13. The van der Waals surface area contributed by atoms with Crippen LogP contribution in [0.15, 0.2) is 42.5 Å². The molecule has 1 atom stereocenters. The molecule has 2 aromatic rings. The molecule has 0 fully saturated rings. The van der Waals surface area contributed by atoms with Crippen molar-refractivity contribution in [1.82, 2.24) is 0 Å². The molecule has 3 nitrogen and oxygen atoms in total. The summed E-state index contributed by atoms with van der Waals surface area (Å²) in [5.74, 6) is 0.950. The Morgan fingerprint density at radius 2 is 1.90 bits per heavy atom. The number of aryl methyl sites for hydroxylation is 1. The molecule has 3 rings (SSSR count). The lowest BCUT2D eigenvalue weighted by Crippen LogP contribution is -2.42. The largest absolute Gasteiger partial charge is 0.484 e. The predicted molar refractivity (Wildman–Crippen MR) is 83.4 cm³/mol. The van der Waals surface area contributed by atoms with E-state index in [-0.39, 0.29) is 6.10 Å². The van der Waals surface area contributed by atoms with Crippen LogP contribution in [0.1, 0.15) is 5.56 Å². The summed E-state index contributed by atoms with van der Waals surface area (Å²) in [6, 6.07) is 14.7. The zero-order chi connectivity index (χ0) is 14.1. The summed E-state index contributed by atoms with van der Waals surface area (Å²) in [5.41, 5.74) is 10.5. The van der Waals surface area contributed by atoms with Crippen molar-refractivity contribution < 1.29 is 4.74 Å². The van der Waals surface area contributed by atoms with Gasteiger partial charge in [0.2, 0.25) is 0 Å². The van der Waals surface area contributed by atoms with Gasteiger partial charge >= 0.3 is 0 Å². The summed E-state index contributed by atoms with van der Waals surface area (Å²) in [7, 11) is 2.09. The van der Waals surface area contributed by atoms with E-state index in [1.54, 1.807) is 0 Å². The van der Waals surface area contributed by atoms with Crippen molar-refractivity contribution in [2.24, 2.45) is 5.73 Å². The average Bonchev–Trinajstić information content (AvgIpc) is 2.47. The number of nitrogens with zero attached hydrogens (tertiary/aromatic N) is 1. The van der Waals surface area contributed by atoms with Crippen LogP contribution in [0.2, 0.25) is 0 Å². The molecule has 0 saturated heterocycles. The van der Waals surface area contributed by atoms with E-state index in [1.807, 2.05) is 0 Å². The monoisotopic (exact) mass is 268 g/mol. The van der Waals surface area contributed by atoms with Crippen LogP contribution in [-0.4, -0.2) is 26.2 Å². The van der Waals surface area contributed by atoms with Crippen LogP contribution in [-0.2, 0) is 0 Å². The minimum Gasteiger partial charge on any atom is -0.484 e. The summed E-state index contributed by atoms with van der Waals surface area (Å²) in [4.78, 5) is 2.22. The summed E-state index contributed by atoms with van der Waals surface area (Å²) in [6.07, 6.45) is 0.0534. The van der Waals surface area contributed by atoms with Crippen LogP contribution >= 0.6 is 0 Å². The van der Waals surface area contributed by atoms with E-state index in [2.05, 4.69) is 61.3 Å². The quantitative estimate of drug-likeness (QED) is 0.910. The molecule has 2 N–H and O–H groups in total. The molecule has 0 saturated carbocycles. The van der Waals surface area contributed by atoms with Gasteiger partial charge in [-0.2, -0.15) is 0 Å². The summed E-state index contributed by atoms with van der Waals surface area (Å²) in [6.45, 7) is 3.49. The minimum absolute atomic E-state index is 0.0534. The van der Waals surface area contributed by atoms with Gasteiger partial charge in [0.1, 0.15) is 6.10 Å². The lowest BCUT2D eigenvalue weighted by atomic mass is 9.98. The molecule has 0 bridgehead atoms. The molecule has 0 radical (unpaired) electrons. The third-order valence-electron chi connectivity index (χ3n) is 3.87. The highest BCUT2D eigenvalue weighted by Gasteiger charge is 2.25. The third-order valence-corrected chi connectivity index (χ3v) is 3.87. The number of benzene rings is 2. The van der Waals surface area contributed by atoms with Crippen molar-refractivity contribution in [3.8, 4) is 16.9 Å². The van der Waals surface area contributed by atoms with Crippen molar-refractivity contribution in [1.29, 1.82) is 0 Å². The Hall–Kier alpha value is -2.00. The number of likely N-dealkylation sites (N-methyl/N-ethyl adjacent to an activating group) is 1. The minimum atomic E-state index is 0.0534. The maximum Gasteiger partial charge on any atom is 0.151 e. The van der Waals surface area contributed by atoms with Crippen LogP contribution in [0.3, 0.4) is 0 Å². The molecule has 0 amide bonds. The Morgan fingerprint density at radius 1 is 1.15 bits per heavy atom. The molecule has 0 spiro atoms. The Balaban J connectivity index is 2.15. The van der Waals surface area contributed by atoms with E-state index in [4.69, 9.17) is 10.5 Å². The van der Waals surface area contributed by atoms with Gasteiger partial charge in [0.05, 0.1) is 12.2 Å². The van der Waals surface area contributed by atoms with E-state index < -0.39 is 0 Å². The third kappa shape index (κ3) is 2.14. The fraction of sp³-hybridized carbons (Fsp3) is 0.294. The lowest BCUT2D eigenvalue weighted by Gasteiger charge is -2.34. The van der Waals surface area contributed by atoms with Crippen molar-refractivity contribution in [3.05, 3.63) is 48.0 Å². The summed E-state index contributed by atoms with van der Waals surface area (Å²) in [5, 5.41) is 0.